The van der Waals surface area contributed by atoms with Gasteiger partial charge in [-0.3, -0.25) is 14.9 Å². The van der Waals surface area contributed by atoms with Crippen LogP contribution in [0, 0.1) is 16.0 Å². The minimum atomic E-state index is -0.595. The number of esters is 1. The smallest absolute Gasteiger partial charge is 0.314 e. The monoisotopic (exact) mass is 257 g/mol. The molecule has 0 aromatic heterocycles. The van der Waals surface area contributed by atoms with Gasteiger partial charge in [0.2, 0.25) is 0 Å². The lowest BCUT2D eigenvalue weighted by atomic mass is 10.1. The van der Waals surface area contributed by atoms with Crippen LogP contribution in [0.15, 0.2) is 18.2 Å². The molecule has 1 unspecified atom stereocenters. The molecule has 0 fully saturated rings. The largest absolute Gasteiger partial charge is 0.426 e. The highest BCUT2D eigenvalue weighted by Gasteiger charge is 2.16. The summed E-state index contributed by atoms with van der Waals surface area (Å²) >= 11 is 5.69. The topological polar surface area (TPSA) is 69.4 Å². The molecule has 0 aliphatic carbocycles. The Bertz CT molecular complexity index is 447. The van der Waals surface area contributed by atoms with Gasteiger partial charge >= 0.3 is 5.97 Å². The Labute approximate surface area is 103 Å². The van der Waals surface area contributed by atoms with Crippen molar-refractivity contribution in [3.63, 3.8) is 0 Å². The average molecular weight is 258 g/mol. The van der Waals surface area contributed by atoms with Gasteiger partial charge in [0.15, 0.2) is 0 Å². The number of ether oxygens (including phenoxy) is 1. The Morgan fingerprint density at radius 2 is 2.24 bits per heavy atom. The number of halogens is 1. The van der Waals surface area contributed by atoms with Crippen LogP contribution in [0.2, 0.25) is 5.02 Å². The summed E-state index contributed by atoms with van der Waals surface area (Å²) in [4.78, 5) is 21.4. The molecule has 1 rings (SSSR count). The minimum Gasteiger partial charge on any atom is -0.426 e. The molecule has 0 N–H and O–H groups in total. The zero-order chi connectivity index (χ0) is 13.0. The molecule has 6 heteroatoms. The number of benzene rings is 1. The lowest BCUT2D eigenvalue weighted by molar-refractivity contribution is -0.384. The van der Waals surface area contributed by atoms with Crippen molar-refractivity contribution in [1.29, 1.82) is 0 Å². The van der Waals surface area contributed by atoms with Gasteiger partial charge in [-0.15, -0.1) is 0 Å². The summed E-state index contributed by atoms with van der Waals surface area (Å²) in [6.45, 7) is 3.62. The fourth-order valence-corrected chi connectivity index (χ4v) is 1.32. The molecule has 0 amide bonds. The standard InChI is InChI=1S/C11H12ClNO4/c1-3-7(2)11(14)17-8-4-5-10(13(15)16)9(12)6-8/h4-7H,3H2,1-2H3. The van der Waals surface area contributed by atoms with E-state index in [0.717, 1.165) is 0 Å². The lowest BCUT2D eigenvalue weighted by Crippen LogP contribution is -2.16. The van der Waals surface area contributed by atoms with Crippen LogP contribution in [0.3, 0.4) is 0 Å². The van der Waals surface area contributed by atoms with Gasteiger partial charge < -0.3 is 4.74 Å². The number of rotatable bonds is 4. The zero-order valence-corrected chi connectivity index (χ0v) is 10.2. The van der Waals surface area contributed by atoms with E-state index in [1.54, 1.807) is 6.92 Å². The molecule has 1 atom stereocenters. The van der Waals surface area contributed by atoms with Crippen LogP contribution in [0.25, 0.3) is 0 Å². The lowest BCUT2D eigenvalue weighted by Gasteiger charge is -2.08. The predicted molar refractivity (Wildman–Crippen MR) is 63.2 cm³/mol. The highest BCUT2D eigenvalue weighted by Crippen LogP contribution is 2.28. The second-order valence-corrected chi connectivity index (χ2v) is 4.01. The van der Waals surface area contributed by atoms with Crippen LogP contribution in [0.4, 0.5) is 5.69 Å². The fourth-order valence-electron chi connectivity index (χ4n) is 1.08. The summed E-state index contributed by atoms with van der Waals surface area (Å²) in [6.07, 6.45) is 0.666. The van der Waals surface area contributed by atoms with E-state index < -0.39 is 4.92 Å². The number of nitro benzene ring substituents is 1. The van der Waals surface area contributed by atoms with E-state index >= 15 is 0 Å². The Hall–Kier alpha value is -1.62. The van der Waals surface area contributed by atoms with Crippen LogP contribution in [0.1, 0.15) is 20.3 Å². The van der Waals surface area contributed by atoms with Crippen molar-refractivity contribution in [2.45, 2.75) is 20.3 Å². The van der Waals surface area contributed by atoms with Crippen molar-refractivity contribution in [1.82, 2.24) is 0 Å². The highest BCUT2D eigenvalue weighted by molar-refractivity contribution is 6.32. The van der Waals surface area contributed by atoms with Gasteiger partial charge in [0.1, 0.15) is 10.8 Å². The van der Waals surface area contributed by atoms with Gasteiger partial charge in [-0.05, 0) is 12.5 Å². The Morgan fingerprint density at radius 3 is 2.71 bits per heavy atom. The van der Waals surface area contributed by atoms with Crippen molar-refractivity contribution in [2.75, 3.05) is 0 Å². The predicted octanol–water partition coefficient (Wildman–Crippen LogP) is 3.20. The summed E-state index contributed by atoms with van der Waals surface area (Å²) in [5.74, 6) is -0.382. The van der Waals surface area contributed by atoms with E-state index in [9.17, 15) is 14.9 Å². The third-order valence-corrected chi connectivity index (χ3v) is 2.65. The third-order valence-electron chi connectivity index (χ3n) is 2.35. The van der Waals surface area contributed by atoms with Crippen LogP contribution in [-0.2, 0) is 4.79 Å². The molecule has 0 saturated heterocycles. The van der Waals surface area contributed by atoms with E-state index in [-0.39, 0.29) is 28.3 Å². The second-order valence-electron chi connectivity index (χ2n) is 3.60. The van der Waals surface area contributed by atoms with Gasteiger partial charge in [-0.2, -0.15) is 0 Å². The molecular weight excluding hydrogens is 246 g/mol. The first-order chi connectivity index (χ1) is 7.95. The van der Waals surface area contributed by atoms with Gasteiger partial charge in [0.05, 0.1) is 10.8 Å². The molecule has 0 bridgehead atoms. The molecular formula is C11H12ClNO4. The van der Waals surface area contributed by atoms with E-state index in [1.807, 2.05) is 6.92 Å². The Morgan fingerprint density at radius 1 is 1.59 bits per heavy atom. The maximum absolute atomic E-state index is 11.5. The number of carbonyl (C=O) groups excluding carboxylic acids is 1. The summed E-state index contributed by atoms with van der Waals surface area (Å²) in [6, 6.07) is 3.83. The molecule has 17 heavy (non-hydrogen) atoms. The molecule has 0 aliphatic rings. The van der Waals surface area contributed by atoms with E-state index in [2.05, 4.69) is 0 Å². The van der Waals surface area contributed by atoms with Gasteiger partial charge in [-0.25, -0.2) is 0 Å². The third kappa shape index (κ3) is 3.42. The van der Waals surface area contributed by atoms with Crippen LogP contribution in [0.5, 0.6) is 5.75 Å². The summed E-state index contributed by atoms with van der Waals surface area (Å²) in [5.41, 5.74) is -0.213. The van der Waals surface area contributed by atoms with Gasteiger partial charge in [0.25, 0.3) is 5.69 Å². The number of hydrogen-bond acceptors (Lipinski definition) is 4. The van der Waals surface area contributed by atoms with Crippen molar-refractivity contribution < 1.29 is 14.5 Å². The SMILES string of the molecule is CCC(C)C(=O)Oc1ccc([N+](=O)[O-])c(Cl)c1. The molecule has 0 heterocycles. The first-order valence-corrected chi connectivity index (χ1v) is 5.49. The first-order valence-electron chi connectivity index (χ1n) is 5.11. The molecule has 92 valence electrons. The normalized spacial score (nSPS) is 11.9. The second kappa shape index (κ2) is 5.63. The summed E-state index contributed by atoms with van der Waals surface area (Å²) in [5, 5.41) is 10.5. The molecule has 0 radical (unpaired) electrons. The molecule has 1 aromatic rings. The number of hydrogen-bond donors (Lipinski definition) is 0. The van der Waals surface area contributed by atoms with Crippen molar-refractivity contribution >= 4 is 23.3 Å². The molecule has 0 saturated carbocycles. The van der Waals surface area contributed by atoms with Crippen molar-refractivity contribution in [2.24, 2.45) is 5.92 Å². The van der Waals surface area contributed by atoms with E-state index in [0.29, 0.717) is 6.42 Å². The van der Waals surface area contributed by atoms with E-state index in [4.69, 9.17) is 16.3 Å². The average Bonchev–Trinajstić information content (AvgIpc) is 2.27. The van der Waals surface area contributed by atoms with Gasteiger partial charge in [-0.1, -0.05) is 25.4 Å². The number of carbonyl (C=O) groups is 1. The molecule has 5 nitrogen and oxygen atoms in total. The first kappa shape index (κ1) is 13.4. The molecule has 0 spiro atoms. The quantitative estimate of drug-likeness (QED) is 0.359. The van der Waals surface area contributed by atoms with Crippen LogP contribution in [-0.4, -0.2) is 10.9 Å². The summed E-state index contributed by atoms with van der Waals surface area (Å²) < 4.78 is 5.04. The minimum absolute atomic E-state index is 0.0514. The van der Waals surface area contributed by atoms with Crippen molar-refractivity contribution in [3.05, 3.63) is 33.3 Å². The molecule has 1 aromatic carbocycles. The Kier molecular flexibility index (Phi) is 4.45. The zero-order valence-electron chi connectivity index (χ0n) is 9.47. The van der Waals surface area contributed by atoms with Crippen molar-refractivity contribution in [3.8, 4) is 5.75 Å². The van der Waals surface area contributed by atoms with Crippen LogP contribution < -0.4 is 4.74 Å². The van der Waals surface area contributed by atoms with Crippen LogP contribution >= 0.6 is 11.6 Å². The summed E-state index contributed by atoms with van der Waals surface area (Å²) in [7, 11) is 0. The maximum Gasteiger partial charge on any atom is 0.314 e. The fraction of sp³-hybridized carbons (Fsp3) is 0.364. The van der Waals surface area contributed by atoms with Gasteiger partial charge in [0, 0.05) is 12.1 Å². The number of nitro groups is 1. The maximum atomic E-state index is 11.5. The Balaban J connectivity index is 2.84. The van der Waals surface area contributed by atoms with E-state index in [1.165, 1.54) is 18.2 Å². The number of nitrogens with zero attached hydrogens (tertiary/aromatic N) is 1. The molecule has 0 aliphatic heterocycles. The highest BCUT2D eigenvalue weighted by atomic mass is 35.5.